The fourth-order valence-electron chi connectivity index (χ4n) is 2.51. The molecule has 1 aliphatic rings. The molecule has 0 aliphatic carbocycles. The molecule has 24 heavy (non-hydrogen) atoms. The Morgan fingerprint density at radius 2 is 2.08 bits per heavy atom. The zero-order chi connectivity index (χ0) is 17.6. The largest absolute Gasteiger partial charge is 0.370 e. The predicted molar refractivity (Wildman–Crippen MR) is 93.0 cm³/mol. The topological polar surface area (TPSA) is 80.2 Å². The highest BCUT2D eigenvalue weighted by Crippen LogP contribution is 2.21. The molecule has 2 N–H and O–H groups in total. The van der Waals surface area contributed by atoms with Crippen LogP contribution in [0.4, 0.5) is 5.69 Å². The van der Waals surface area contributed by atoms with Crippen LogP contribution in [0.25, 0.3) is 0 Å². The number of quaternary nitrogens is 1. The highest BCUT2D eigenvalue weighted by atomic mass is 35.5. The quantitative estimate of drug-likeness (QED) is 0.649. The van der Waals surface area contributed by atoms with Crippen LogP contribution in [0.5, 0.6) is 0 Å². The summed E-state index contributed by atoms with van der Waals surface area (Å²) in [5.74, 6) is -0.340. The molecular weight excluding hydrogens is 354 g/mol. The number of morpholine rings is 1. The molecule has 134 valence electrons. The van der Waals surface area contributed by atoms with Crippen molar-refractivity contribution < 1.29 is 22.8 Å². The van der Waals surface area contributed by atoms with Crippen LogP contribution in [-0.2, 0) is 19.6 Å². The van der Waals surface area contributed by atoms with Crippen LogP contribution in [0.3, 0.4) is 0 Å². The highest BCUT2D eigenvalue weighted by Gasteiger charge is 2.21. The molecule has 1 amide bonds. The van der Waals surface area contributed by atoms with Gasteiger partial charge in [0.2, 0.25) is 15.9 Å². The lowest BCUT2D eigenvalue weighted by Gasteiger charge is -2.24. The van der Waals surface area contributed by atoms with Crippen molar-refractivity contribution in [3.63, 3.8) is 0 Å². The summed E-state index contributed by atoms with van der Waals surface area (Å²) in [5, 5.41) is 3.19. The van der Waals surface area contributed by atoms with Crippen molar-refractivity contribution in [2.75, 3.05) is 56.5 Å². The van der Waals surface area contributed by atoms with Crippen LogP contribution in [0.1, 0.15) is 0 Å². The van der Waals surface area contributed by atoms with Gasteiger partial charge in [0.05, 0.1) is 38.2 Å². The number of benzene rings is 1. The molecule has 7 nitrogen and oxygen atoms in total. The van der Waals surface area contributed by atoms with Gasteiger partial charge in [0.15, 0.2) is 0 Å². The van der Waals surface area contributed by atoms with E-state index in [0.717, 1.165) is 43.4 Å². The number of amides is 1. The van der Waals surface area contributed by atoms with Crippen LogP contribution in [0, 0.1) is 0 Å². The molecule has 1 aliphatic heterocycles. The first-order valence-electron chi connectivity index (χ1n) is 7.77. The molecule has 0 radical (unpaired) electrons. The van der Waals surface area contributed by atoms with Crippen molar-refractivity contribution in [2.24, 2.45) is 0 Å². The summed E-state index contributed by atoms with van der Waals surface area (Å²) in [6.45, 7) is 4.35. The number of rotatable bonds is 7. The van der Waals surface area contributed by atoms with Crippen LogP contribution >= 0.6 is 11.6 Å². The van der Waals surface area contributed by atoms with Gasteiger partial charge >= 0.3 is 0 Å². The number of nitrogens with one attached hydrogen (secondary N) is 2. The molecule has 0 aromatic heterocycles. The molecule has 1 saturated heterocycles. The van der Waals surface area contributed by atoms with E-state index in [1.54, 1.807) is 18.2 Å². The zero-order valence-electron chi connectivity index (χ0n) is 13.6. The van der Waals surface area contributed by atoms with E-state index >= 15 is 0 Å². The van der Waals surface area contributed by atoms with E-state index in [9.17, 15) is 13.2 Å². The number of sulfonamides is 1. The Labute approximate surface area is 147 Å². The smallest absolute Gasteiger partial charge is 0.240 e. The molecule has 0 saturated carbocycles. The number of carbonyl (C=O) groups excluding carboxylic acids is 1. The van der Waals surface area contributed by atoms with E-state index in [-0.39, 0.29) is 12.5 Å². The van der Waals surface area contributed by atoms with E-state index < -0.39 is 10.0 Å². The number of hydrogen-bond acceptors (Lipinski definition) is 4. The first-order valence-corrected chi connectivity index (χ1v) is 10.00. The average molecular weight is 377 g/mol. The van der Waals surface area contributed by atoms with Crippen LogP contribution in [0.15, 0.2) is 24.3 Å². The maximum Gasteiger partial charge on any atom is 0.240 e. The summed E-state index contributed by atoms with van der Waals surface area (Å²) < 4.78 is 30.3. The molecule has 1 fully saturated rings. The summed E-state index contributed by atoms with van der Waals surface area (Å²) in [6.07, 6.45) is 1.07. The highest BCUT2D eigenvalue weighted by molar-refractivity contribution is 7.92. The van der Waals surface area contributed by atoms with E-state index in [2.05, 4.69) is 5.32 Å². The SMILES string of the molecule is CS(=O)(=O)N(CC(=O)NCC[NH+]1CCOCC1)c1cccc(Cl)c1. The van der Waals surface area contributed by atoms with E-state index in [1.165, 1.54) is 11.0 Å². The van der Waals surface area contributed by atoms with Gasteiger partial charge in [-0.3, -0.25) is 9.10 Å². The zero-order valence-corrected chi connectivity index (χ0v) is 15.2. The Bertz CT molecular complexity index is 662. The monoisotopic (exact) mass is 376 g/mol. The number of halogens is 1. The summed E-state index contributed by atoms with van der Waals surface area (Å²) >= 11 is 5.91. The molecule has 1 aromatic carbocycles. The standard InChI is InChI=1S/C15H22ClN3O4S/c1-24(21,22)19(14-4-2-3-13(16)11-14)12-15(20)17-5-6-18-7-9-23-10-8-18/h2-4,11H,5-10,12H2,1H3,(H,17,20)/p+1. The normalized spacial score (nSPS) is 15.9. The van der Waals surface area contributed by atoms with Gasteiger partial charge in [-0.25, -0.2) is 8.42 Å². The van der Waals surface area contributed by atoms with Gasteiger partial charge in [-0.1, -0.05) is 17.7 Å². The van der Waals surface area contributed by atoms with Crippen molar-refractivity contribution >= 4 is 33.2 Å². The van der Waals surface area contributed by atoms with E-state index in [1.807, 2.05) is 0 Å². The number of ether oxygens (including phenoxy) is 1. The summed E-state index contributed by atoms with van der Waals surface area (Å²) in [5.41, 5.74) is 0.374. The summed E-state index contributed by atoms with van der Waals surface area (Å²) in [7, 11) is -3.58. The van der Waals surface area contributed by atoms with Crippen molar-refractivity contribution in [3.05, 3.63) is 29.3 Å². The average Bonchev–Trinajstić information content (AvgIpc) is 2.52. The second-order valence-electron chi connectivity index (χ2n) is 5.71. The summed E-state index contributed by atoms with van der Waals surface area (Å²) in [4.78, 5) is 13.5. The predicted octanol–water partition coefficient (Wildman–Crippen LogP) is -0.863. The Morgan fingerprint density at radius 1 is 1.38 bits per heavy atom. The Balaban J connectivity index is 1.90. The van der Waals surface area contributed by atoms with Gasteiger partial charge in [0.1, 0.15) is 19.6 Å². The first kappa shape index (κ1) is 19.0. The number of carbonyl (C=O) groups is 1. The lowest BCUT2D eigenvalue weighted by Crippen LogP contribution is -3.14. The van der Waals surface area contributed by atoms with E-state index in [4.69, 9.17) is 16.3 Å². The van der Waals surface area contributed by atoms with E-state index in [0.29, 0.717) is 17.3 Å². The molecule has 0 atom stereocenters. The molecule has 0 bridgehead atoms. The molecule has 0 unspecified atom stereocenters. The molecule has 1 heterocycles. The maximum absolute atomic E-state index is 12.1. The number of nitrogens with zero attached hydrogens (tertiary/aromatic N) is 1. The number of anilines is 1. The molecular formula is C15H23ClN3O4S+. The molecule has 1 aromatic rings. The minimum atomic E-state index is -3.58. The Morgan fingerprint density at radius 3 is 2.71 bits per heavy atom. The maximum atomic E-state index is 12.1. The van der Waals surface area contributed by atoms with Crippen LogP contribution in [-0.4, -0.2) is 66.5 Å². The van der Waals surface area contributed by atoms with Crippen LogP contribution in [0.2, 0.25) is 5.02 Å². The third kappa shape index (κ3) is 5.94. The first-order chi connectivity index (χ1) is 11.4. The minimum absolute atomic E-state index is 0.266. The van der Waals surface area contributed by atoms with Gasteiger partial charge in [0.25, 0.3) is 0 Å². The molecule has 2 rings (SSSR count). The van der Waals surface area contributed by atoms with Gasteiger partial charge in [-0.05, 0) is 18.2 Å². The Hall–Kier alpha value is -1.35. The second kappa shape index (κ2) is 8.66. The Kier molecular flexibility index (Phi) is 6.85. The fraction of sp³-hybridized carbons (Fsp3) is 0.533. The third-order valence-corrected chi connectivity index (χ3v) is 5.16. The molecule has 9 heteroatoms. The van der Waals surface area contributed by atoms with Gasteiger partial charge in [-0.2, -0.15) is 0 Å². The van der Waals surface area contributed by atoms with Gasteiger partial charge in [-0.15, -0.1) is 0 Å². The van der Waals surface area contributed by atoms with Gasteiger partial charge < -0.3 is 15.0 Å². The van der Waals surface area contributed by atoms with Crippen molar-refractivity contribution in [3.8, 4) is 0 Å². The van der Waals surface area contributed by atoms with Crippen molar-refractivity contribution in [1.29, 1.82) is 0 Å². The summed E-state index contributed by atoms with van der Waals surface area (Å²) in [6, 6.07) is 6.43. The second-order valence-corrected chi connectivity index (χ2v) is 8.06. The minimum Gasteiger partial charge on any atom is -0.370 e. The van der Waals surface area contributed by atoms with Crippen molar-refractivity contribution in [1.82, 2.24) is 5.32 Å². The van der Waals surface area contributed by atoms with Gasteiger partial charge in [0, 0.05) is 5.02 Å². The fourth-order valence-corrected chi connectivity index (χ4v) is 3.54. The third-order valence-electron chi connectivity index (χ3n) is 3.78. The number of hydrogen-bond donors (Lipinski definition) is 2. The van der Waals surface area contributed by atoms with Crippen molar-refractivity contribution in [2.45, 2.75) is 0 Å². The molecule has 0 spiro atoms. The lowest BCUT2D eigenvalue weighted by atomic mass is 10.3. The lowest BCUT2D eigenvalue weighted by molar-refractivity contribution is -0.906. The van der Waals surface area contributed by atoms with Crippen LogP contribution < -0.4 is 14.5 Å².